The van der Waals surface area contributed by atoms with Crippen LogP contribution < -0.4 is 4.74 Å². The Balaban J connectivity index is 2.75. The van der Waals surface area contributed by atoms with Gasteiger partial charge in [0, 0.05) is 0 Å². The van der Waals surface area contributed by atoms with Crippen molar-refractivity contribution in [3.05, 3.63) is 17.0 Å². The first-order valence-corrected chi connectivity index (χ1v) is 4.06. The summed E-state index contributed by atoms with van der Waals surface area (Å²) >= 11 is 0.676. The summed E-state index contributed by atoms with van der Waals surface area (Å²) in [5, 5.41) is -0.322. The zero-order valence-corrected chi connectivity index (χ0v) is 7.33. The molecule has 0 aliphatic carbocycles. The van der Waals surface area contributed by atoms with Gasteiger partial charge in [-0.1, -0.05) is 11.3 Å². The standard InChI is InChI=1S/C7H5F3O2S/c1-4(11)5-2-3-6(13-5)12-7(8,9)10/h2-3H,1H3. The maximum absolute atomic E-state index is 11.7. The van der Waals surface area contributed by atoms with Crippen LogP contribution in [-0.4, -0.2) is 12.1 Å². The molecule has 1 aromatic heterocycles. The molecule has 0 spiro atoms. The third kappa shape index (κ3) is 3.06. The lowest BCUT2D eigenvalue weighted by Crippen LogP contribution is -2.16. The van der Waals surface area contributed by atoms with Gasteiger partial charge in [0.05, 0.1) is 4.88 Å². The van der Waals surface area contributed by atoms with Gasteiger partial charge in [-0.25, -0.2) is 0 Å². The van der Waals surface area contributed by atoms with E-state index >= 15 is 0 Å². The van der Waals surface area contributed by atoms with Crippen molar-refractivity contribution in [3.63, 3.8) is 0 Å². The molecule has 0 saturated carbocycles. The summed E-state index contributed by atoms with van der Waals surface area (Å²) in [5.41, 5.74) is 0. The van der Waals surface area contributed by atoms with E-state index in [2.05, 4.69) is 4.74 Å². The van der Waals surface area contributed by atoms with Crippen LogP contribution >= 0.6 is 11.3 Å². The van der Waals surface area contributed by atoms with Crippen molar-refractivity contribution in [3.8, 4) is 5.06 Å². The quantitative estimate of drug-likeness (QED) is 0.701. The highest BCUT2D eigenvalue weighted by atomic mass is 32.1. The van der Waals surface area contributed by atoms with E-state index in [-0.39, 0.29) is 15.7 Å². The predicted octanol–water partition coefficient (Wildman–Crippen LogP) is 2.85. The zero-order valence-electron chi connectivity index (χ0n) is 6.51. The molecule has 0 fully saturated rings. The fraction of sp³-hybridized carbons (Fsp3) is 0.286. The van der Waals surface area contributed by atoms with Gasteiger partial charge >= 0.3 is 6.36 Å². The molecule has 0 unspecified atom stereocenters. The summed E-state index contributed by atoms with van der Waals surface area (Å²) in [6.45, 7) is 1.28. The van der Waals surface area contributed by atoms with E-state index in [9.17, 15) is 18.0 Å². The molecule has 0 aliphatic heterocycles. The molecular formula is C7H5F3O2S. The Hall–Kier alpha value is -1.04. The van der Waals surface area contributed by atoms with Gasteiger partial charge in [0.1, 0.15) is 0 Å². The second-order valence-electron chi connectivity index (χ2n) is 2.22. The average Bonchev–Trinajstić information content (AvgIpc) is 2.31. The number of rotatable bonds is 2. The van der Waals surface area contributed by atoms with Crippen LogP contribution in [-0.2, 0) is 0 Å². The van der Waals surface area contributed by atoms with E-state index in [0.29, 0.717) is 11.3 Å². The molecule has 1 heterocycles. The lowest BCUT2D eigenvalue weighted by molar-refractivity contribution is -0.273. The number of hydrogen-bond acceptors (Lipinski definition) is 3. The van der Waals surface area contributed by atoms with Gasteiger partial charge in [0.25, 0.3) is 0 Å². The summed E-state index contributed by atoms with van der Waals surface area (Å²) in [4.78, 5) is 10.9. The first kappa shape index (κ1) is 10.0. The number of carbonyl (C=O) groups is 1. The fourth-order valence-electron chi connectivity index (χ4n) is 0.678. The van der Waals surface area contributed by atoms with Crippen LogP contribution in [0.4, 0.5) is 13.2 Å². The van der Waals surface area contributed by atoms with Crippen LogP contribution in [0.15, 0.2) is 12.1 Å². The van der Waals surface area contributed by atoms with Crippen molar-refractivity contribution in [1.82, 2.24) is 0 Å². The number of ketones is 1. The third-order valence-corrected chi connectivity index (χ3v) is 2.21. The first-order valence-electron chi connectivity index (χ1n) is 3.25. The predicted molar refractivity (Wildman–Crippen MR) is 41.0 cm³/mol. The lowest BCUT2D eigenvalue weighted by atomic mass is 10.4. The number of Topliss-reactive ketones (excluding diaryl/α,β-unsaturated/α-hetero) is 1. The highest BCUT2D eigenvalue weighted by molar-refractivity contribution is 7.15. The molecule has 1 rings (SSSR count). The Bertz CT molecular complexity index is 316. The monoisotopic (exact) mass is 210 g/mol. The van der Waals surface area contributed by atoms with E-state index in [0.717, 1.165) is 6.07 Å². The number of hydrogen-bond donors (Lipinski definition) is 0. The fourth-order valence-corrected chi connectivity index (χ4v) is 1.45. The number of alkyl halides is 3. The smallest absolute Gasteiger partial charge is 0.396 e. The first-order chi connectivity index (χ1) is 5.88. The van der Waals surface area contributed by atoms with E-state index in [1.165, 1.54) is 13.0 Å². The average molecular weight is 210 g/mol. The molecule has 0 N–H and O–H groups in total. The number of thiophene rings is 1. The second kappa shape index (κ2) is 3.37. The van der Waals surface area contributed by atoms with Crippen LogP contribution in [0.2, 0.25) is 0 Å². The molecule has 0 atom stereocenters. The number of carbonyl (C=O) groups excluding carboxylic acids is 1. The van der Waals surface area contributed by atoms with E-state index < -0.39 is 6.36 Å². The Morgan fingerprint density at radius 2 is 2.08 bits per heavy atom. The van der Waals surface area contributed by atoms with Gasteiger partial charge in [0.2, 0.25) is 0 Å². The molecule has 1 aromatic rings. The Kier molecular flexibility index (Phi) is 2.60. The van der Waals surface area contributed by atoms with Crippen LogP contribution in [0.25, 0.3) is 0 Å². The van der Waals surface area contributed by atoms with Crippen molar-refractivity contribution >= 4 is 17.1 Å². The van der Waals surface area contributed by atoms with Crippen LogP contribution in [0.3, 0.4) is 0 Å². The largest absolute Gasteiger partial charge is 0.573 e. The Labute approximate surface area is 75.9 Å². The molecule has 6 heteroatoms. The van der Waals surface area contributed by atoms with Crippen molar-refractivity contribution in [1.29, 1.82) is 0 Å². The normalized spacial score (nSPS) is 11.4. The van der Waals surface area contributed by atoms with Crippen LogP contribution in [0, 0.1) is 0 Å². The molecule has 0 aromatic carbocycles. The molecule has 72 valence electrons. The van der Waals surface area contributed by atoms with Crippen molar-refractivity contribution in [2.75, 3.05) is 0 Å². The minimum absolute atomic E-state index is 0.249. The SMILES string of the molecule is CC(=O)c1ccc(OC(F)(F)F)s1. The Morgan fingerprint density at radius 3 is 2.46 bits per heavy atom. The van der Waals surface area contributed by atoms with Crippen LogP contribution in [0.5, 0.6) is 5.06 Å². The van der Waals surface area contributed by atoms with Crippen molar-refractivity contribution in [2.45, 2.75) is 13.3 Å². The molecule has 0 amide bonds. The second-order valence-corrected chi connectivity index (χ2v) is 3.27. The van der Waals surface area contributed by atoms with Crippen molar-refractivity contribution < 1.29 is 22.7 Å². The molecule has 0 saturated heterocycles. The highest BCUT2D eigenvalue weighted by Crippen LogP contribution is 2.30. The zero-order chi connectivity index (χ0) is 10.1. The van der Waals surface area contributed by atoms with Gasteiger partial charge in [0.15, 0.2) is 10.8 Å². The highest BCUT2D eigenvalue weighted by Gasteiger charge is 2.31. The summed E-state index contributed by atoms with van der Waals surface area (Å²) in [5.74, 6) is -0.276. The minimum Gasteiger partial charge on any atom is -0.396 e. The summed E-state index contributed by atoms with van der Waals surface area (Å²) in [6, 6.07) is 2.42. The molecule has 0 radical (unpaired) electrons. The van der Waals surface area contributed by atoms with Crippen LogP contribution in [0.1, 0.15) is 16.6 Å². The molecular weight excluding hydrogens is 205 g/mol. The van der Waals surface area contributed by atoms with Gasteiger partial charge in [-0.2, -0.15) is 0 Å². The van der Waals surface area contributed by atoms with Crippen molar-refractivity contribution in [2.24, 2.45) is 0 Å². The topological polar surface area (TPSA) is 26.3 Å². The van der Waals surface area contributed by atoms with Gasteiger partial charge < -0.3 is 4.74 Å². The van der Waals surface area contributed by atoms with E-state index in [1.807, 2.05) is 0 Å². The number of halogens is 3. The molecule has 2 nitrogen and oxygen atoms in total. The van der Waals surface area contributed by atoms with E-state index in [4.69, 9.17) is 0 Å². The number of ether oxygens (including phenoxy) is 1. The maximum atomic E-state index is 11.7. The minimum atomic E-state index is -4.70. The van der Waals surface area contributed by atoms with E-state index in [1.54, 1.807) is 0 Å². The summed E-state index contributed by atoms with van der Waals surface area (Å²) in [6.07, 6.45) is -4.70. The van der Waals surface area contributed by atoms with Gasteiger partial charge in [-0.05, 0) is 19.1 Å². The third-order valence-electron chi connectivity index (χ3n) is 1.14. The van der Waals surface area contributed by atoms with Gasteiger partial charge in [-0.3, -0.25) is 4.79 Å². The molecule has 0 aliphatic rings. The summed E-state index contributed by atoms with van der Waals surface area (Å²) < 4.78 is 38.6. The Morgan fingerprint density at radius 1 is 1.46 bits per heavy atom. The summed E-state index contributed by atoms with van der Waals surface area (Å²) in [7, 11) is 0. The molecule has 0 bridgehead atoms. The molecule has 13 heavy (non-hydrogen) atoms. The maximum Gasteiger partial charge on any atom is 0.573 e. The van der Waals surface area contributed by atoms with Gasteiger partial charge in [-0.15, -0.1) is 13.2 Å². The lowest BCUT2D eigenvalue weighted by Gasteiger charge is -2.04.